The molecule has 4 aliphatic carbocycles. The maximum atomic E-state index is 6.39. The van der Waals surface area contributed by atoms with Crippen LogP contribution >= 0.6 is 0 Å². The van der Waals surface area contributed by atoms with Gasteiger partial charge < -0.3 is 19.9 Å². The molecule has 4 saturated carbocycles. The minimum Gasteiger partial charge on any atom is -0.382 e. The first-order chi connectivity index (χ1) is 22.8. The molecule has 7 nitrogen and oxygen atoms in total. The number of ether oxygens (including phenoxy) is 3. The second kappa shape index (κ2) is 23.5. The van der Waals surface area contributed by atoms with E-state index >= 15 is 0 Å². The van der Waals surface area contributed by atoms with Gasteiger partial charge in [-0.05, 0) is 76.0 Å². The molecular formula is C39H72N4O3. The highest BCUT2D eigenvalue weighted by Crippen LogP contribution is 2.40. The number of aliphatic imine (C=N–C) groups is 2. The van der Waals surface area contributed by atoms with Crippen molar-refractivity contribution in [3.05, 3.63) is 0 Å². The fourth-order valence-electron chi connectivity index (χ4n) is 9.31. The smallest absolute Gasteiger partial charge is 0.137 e. The molecule has 0 aromatic heterocycles. The lowest BCUT2D eigenvalue weighted by molar-refractivity contribution is 0.0594. The van der Waals surface area contributed by atoms with E-state index in [1.165, 1.54) is 153 Å². The van der Waals surface area contributed by atoms with Gasteiger partial charge in [-0.3, -0.25) is 15.3 Å². The van der Waals surface area contributed by atoms with Crippen LogP contribution in [-0.2, 0) is 14.2 Å². The van der Waals surface area contributed by atoms with Crippen molar-refractivity contribution in [2.75, 3.05) is 53.0 Å². The van der Waals surface area contributed by atoms with E-state index in [9.17, 15) is 0 Å². The van der Waals surface area contributed by atoms with Gasteiger partial charge in [0.05, 0.1) is 37.9 Å². The predicted octanol–water partition coefficient (Wildman–Crippen LogP) is 8.49. The van der Waals surface area contributed by atoms with Gasteiger partial charge in [-0.2, -0.15) is 0 Å². The topological polar surface area (TPSA) is 90.5 Å². The van der Waals surface area contributed by atoms with Crippen molar-refractivity contribution in [3.8, 4) is 0 Å². The summed E-state index contributed by atoms with van der Waals surface area (Å²) in [4.78, 5) is 10.4. The molecule has 7 heteroatoms. The summed E-state index contributed by atoms with van der Waals surface area (Å²) in [6, 6.07) is 0.560. The molecule has 0 spiro atoms. The van der Waals surface area contributed by atoms with Gasteiger partial charge in [-0.1, -0.05) is 89.9 Å². The van der Waals surface area contributed by atoms with Gasteiger partial charge in [0, 0.05) is 37.6 Å². The van der Waals surface area contributed by atoms with Gasteiger partial charge >= 0.3 is 0 Å². The van der Waals surface area contributed by atoms with Gasteiger partial charge in [0.2, 0.25) is 0 Å². The molecule has 0 aromatic carbocycles. The Morgan fingerprint density at radius 2 is 1.22 bits per heavy atom. The Morgan fingerprint density at radius 1 is 0.652 bits per heavy atom. The summed E-state index contributed by atoms with van der Waals surface area (Å²) in [6.07, 6.45) is 29.3. The zero-order chi connectivity index (χ0) is 32.1. The normalized spacial score (nSPS) is 23.5. The molecule has 0 amide bonds. The minimum atomic E-state index is 0.407. The maximum absolute atomic E-state index is 6.39. The Morgan fingerprint density at radius 3 is 1.80 bits per heavy atom. The van der Waals surface area contributed by atoms with Crippen molar-refractivity contribution in [2.45, 2.75) is 154 Å². The lowest BCUT2D eigenvalue weighted by Crippen LogP contribution is -2.47. The molecule has 266 valence electrons. The Balaban J connectivity index is 1.39. The highest BCUT2D eigenvalue weighted by molar-refractivity contribution is 6.43. The Hall–Kier alpha value is -0.860. The number of nitrogens with zero attached hydrogens (tertiary/aromatic N) is 2. The number of hydrogen-bond acceptors (Lipinski definition) is 7. The summed E-state index contributed by atoms with van der Waals surface area (Å²) < 4.78 is 17.9. The van der Waals surface area contributed by atoms with E-state index in [-0.39, 0.29) is 0 Å². The fourth-order valence-corrected chi connectivity index (χ4v) is 9.31. The van der Waals surface area contributed by atoms with Gasteiger partial charge in [0.1, 0.15) is 6.73 Å². The highest BCUT2D eigenvalue weighted by Gasteiger charge is 2.35. The number of hydrogen-bond donors (Lipinski definition) is 2. The number of rotatable bonds is 21. The van der Waals surface area contributed by atoms with Gasteiger partial charge in [0.25, 0.3) is 0 Å². The number of nitrogens with two attached hydrogens (primary N) is 1. The molecule has 4 aliphatic rings. The monoisotopic (exact) mass is 645 g/mol. The third-order valence-corrected chi connectivity index (χ3v) is 11.7. The lowest BCUT2D eigenvalue weighted by atomic mass is 9.69. The molecular weight excluding hydrogens is 572 g/mol. The first-order valence-corrected chi connectivity index (χ1v) is 20.1. The maximum Gasteiger partial charge on any atom is 0.137 e. The van der Waals surface area contributed by atoms with Crippen LogP contribution in [0.1, 0.15) is 148 Å². The molecule has 0 radical (unpaired) electrons. The van der Waals surface area contributed by atoms with Gasteiger partial charge in [-0.25, -0.2) is 0 Å². The summed E-state index contributed by atoms with van der Waals surface area (Å²) in [5, 5.41) is 4.03. The van der Waals surface area contributed by atoms with E-state index < -0.39 is 0 Å². The van der Waals surface area contributed by atoms with Crippen molar-refractivity contribution in [1.82, 2.24) is 5.32 Å². The van der Waals surface area contributed by atoms with Gasteiger partial charge in [-0.15, -0.1) is 0 Å². The standard InChI is InChI=1S/C39H72N4O3/c1-2-44-27-15-24-36(32-16-7-3-8-17-32)37(33-18-9-4-10-19-33)42-30-46-29-26-41-38(34-20-11-5-12-21-34)39(43-31-45-28-25-40)35-22-13-6-14-23-35/h32-37,42H,2-31,40H2,1H3. The summed E-state index contributed by atoms with van der Waals surface area (Å²) in [5.41, 5.74) is 8.23. The summed E-state index contributed by atoms with van der Waals surface area (Å²) in [5.74, 6) is 3.42. The van der Waals surface area contributed by atoms with E-state index in [2.05, 4.69) is 12.2 Å². The van der Waals surface area contributed by atoms with Crippen molar-refractivity contribution in [1.29, 1.82) is 0 Å². The minimum absolute atomic E-state index is 0.407. The second-order valence-corrected chi connectivity index (χ2v) is 14.9. The molecule has 0 aromatic rings. The van der Waals surface area contributed by atoms with Crippen LogP contribution in [0.2, 0.25) is 0 Å². The highest BCUT2D eigenvalue weighted by atomic mass is 16.5. The van der Waals surface area contributed by atoms with Crippen LogP contribution in [0.3, 0.4) is 0 Å². The Kier molecular flexibility index (Phi) is 19.4. The van der Waals surface area contributed by atoms with Crippen LogP contribution in [0.15, 0.2) is 9.98 Å². The largest absolute Gasteiger partial charge is 0.382 e. The van der Waals surface area contributed by atoms with Crippen LogP contribution in [0.25, 0.3) is 0 Å². The number of nitrogens with one attached hydrogen (secondary N) is 1. The quantitative estimate of drug-likeness (QED) is 0.0743. The molecule has 0 saturated heterocycles. The summed E-state index contributed by atoms with van der Waals surface area (Å²) in [6.45, 7) is 7.39. The second-order valence-electron chi connectivity index (χ2n) is 14.9. The first kappa shape index (κ1) is 38.0. The Labute approximate surface area is 283 Å². The van der Waals surface area contributed by atoms with Crippen LogP contribution < -0.4 is 11.1 Å². The van der Waals surface area contributed by atoms with E-state index in [0.717, 1.165) is 37.5 Å². The van der Waals surface area contributed by atoms with Crippen LogP contribution in [0.5, 0.6) is 0 Å². The Bertz CT molecular complexity index is 827. The SMILES string of the molecule is CCOCCCC(C1CCCCC1)C(NCOCCN=C(C(=NCOCCN)C1CCCCC1)C1CCCCC1)C1CCCCC1. The molecule has 4 rings (SSSR count). The third kappa shape index (κ3) is 13.2. The third-order valence-electron chi connectivity index (χ3n) is 11.7. The van der Waals surface area contributed by atoms with Gasteiger partial charge in [0.15, 0.2) is 0 Å². The average Bonchev–Trinajstić information content (AvgIpc) is 3.12. The van der Waals surface area contributed by atoms with Crippen LogP contribution in [-0.4, -0.2) is 70.4 Å². The fraction of sp³-hybridized carbons (Fsp3) is 0.949. The van der Waals surface area contributed by atoms with Crippen LogP contribution in [0, 0.1) is 29.6 Å². The molecule has 46 heavy (non-hydrogen) atoms. The zero-order valence-corrected chi connectivity index (χ0v) is 29.9. The first-order valence-electron chi connectivity index (χ1n) is 20.1. The summed E-state index contributed by atoms with van der Waals surface area (Å²) >= 11 is 0. The molecule has 2 unspecified atom stereocenters. The van der Waals surface area contributed by atoms with E-state index in [0.29, 0.717) is 51.1 Å². The zero-order valence-electron chi connectivity index (χ0n) is 29.9. The van der Waals surface area contributed by atoms with E-state index in [1.54, 1.807) is 0 Å². The van der Waals surface area contributed by atoms with Crippen molar-refractivity contribution >= 4 is 11.4 Å². The van der Waals surface area contributed by atoms with Crippen LogP contribution in [0.4, 0.5) is 0 Å². The van der Waals surface area contributed by atoms with E-state index in [4.69, 9.17) is 29.9 Å². The van der Waals surface area contributed by atoms with Crippen molar-refractivity contribution in [2.24, 2.45) is 45.3 Å². The molecule has 3 N–H and O–H groups in total. The molecule has 0 aliphatic heterocycles. The van der Waals surface area contributed by atoms with E-state index in [1.807, 2.05) is 0 Å². The molecule has 0 bridgehead atoms. The summed E-state index contributed by atoms with van der Waals surface area (Å²) in [7, 11) is 0. The molecule has 2 atom stereocenters. The molecule has 0 heterocycles. The molecule has 4 fully saturated rings. The van der Waals surface area contributed by atoms with Crippen molar-refractivity contribution < 1.29 is 14.2 Å². The average molecular weight is 645 g/mol. The predicted molar refractivity (Wildman–Crippen MR) is 193 cm³/mol. The lowest BCUT2D eigenvalue weighted by Gasteiger charge is -2.42. The van der Waals surface area contributed by atoms with Crippen molar-refractivity contribution in [3.63, 3.8) is 0 Å².